The van der Waals surface area contributed by atoms with E-state index in [1.165, 1.54) is 0 Å². The summed E-state index contributed by atoms with van der Waals surface area (Å²) in [7, 11) is -3.24. The molecule has 0 heterocycles. The lowest BCUT2D eigenvalue weighted by Gasteiger charge is -2.09. The highest BCUT2D eigenvalue weighted by Crippen LogP contribution is 2.15. The first kappa shape index (κ1) is 14.7. The summed E-state index contributed by atoms with van der Waals surface area (Å²) >= 11 is 0. The van der Waals surface area contributed by atoms with E-state index in [2.05, 4.69) is 10.0 Å². The van der Waals surface area contributed by atoms with Crippen molar-refractivity contribution in [2.45, 2.75) is 19.8 Å². The lowest BCUT2D eigenvalue weighted by Crippen LogP contribution is -2.26. The third kappa shape index (κ3) is 5.29. The Labute approximate surface area is 108 Å². The fourth-order valence-electron chi connectivity index (χ4n) is 1.51. The van der Waals surface area contributed by atoms with Crippen molar-refractivity contribution in [2.24, 2.45) is 0 Å². The van der Waals surface area contributed by atoms with E-state index < -0.39 is 10.0 Å². The molecule has 1 amide bonds. The van der Waals surface area contributed by atoms with Gasteiger partial charge < -0.3 is 5.32 Å². The zero-order valence-electron chi connectivity index (χ0n) is 10.6. The molecule has 0 aliphatic heterocycles. The third-order valence-corrected chi connectivity index (χ3v) is 3.12. The van der Waals surface area contributed by atoms with E-state index in [1.54, 1.807) is 0 Å². The monoisotopic (exact) mass is 270 g/mol. The van der Waals surface area contributed by atoms with Crippen LogP contribution in [0.3, 0.4) is 0 Å². The molecule has 6 heteroatoms. The number of sulfonamides is 1. The van der Waals surface area contributed by atoms with Crippen LogP contribution in [0.5, 0.6) is 0 Å². The number of hydrogen-bond donors (Lipinski definition) is 2. The van der Waals surface area contributed by atoms with Gasteiger partial charge in [0.1, 0.15) is 0 Å². The fourth-order valence-corrected chi connectivity index (χ4v) is 1.99. The highest BCUT2D eigenvalue weighted by molar-refractivity contribution is 7.88. The summed E-state index contributed by atoms with van der Waals surface area (Å²) in [5.74, 6) is -0.202. The number of amides is 1. The molecule has 0 spiro atoms. The first-order chi connectivity index (χ1) is 8.42. The molecule has 2 N–H and O–H groups in total. The molecular weight excluding hydrogens is 252 g/mol. The summed E-state index contributed by atoms with van der Waals surface area (Å²) in [5, 5.41) is 2.77. The number of benzene rings is 1. The lowest BCUT2D eigenvalue weighted by atomic mass is 10.1. The standard InChI is InChI=1S/C12H18N2O3S/c1-3-10-6-4-5-7-11(10)14-12(15)8-9-13-18(2,16)17/h4-7,13H,3,8-9H2,1-2H3,(H,14,15). The van der Waals surface area contributed by atoms with Crippen molar-refractivity contribution >= 4 is 21.6 Å². The minimum atomic E-state index is -3.24. The molecule has 1 aromatic carbocycles. The van der Waals surface area contributed by atoms with Gasteiger partial charge in [-0.15, -0.1) is 0 Å². The van der Waals surface area contributed by atoms with Crippen molar-refractivity contribution in [2.75, 3.05) is 18.1 Å². The van der Waals surface area contributed by atoms with Crippen LogP contribution in [-0.2, 0) is 21.2 Å². The third-order valence-electron chi connectivity index (χ3n) is 2.39. The SMILES string of the molecule is CCc1ccccc1NC(=O)CCNS(C)(=O)=O. The summed E-state index contributed by atoms with van der Waals surface area (Å²) < 4.78 is 23.9. The van der Waals surface area contributed by atoms with Crippen LogP contribution in [0.15, 0.2) is 24.3 Å². The van der Waals surface area contributed by atoms with Crippen molar-refractivity contribution in [3.63, 3.8) is 0 Å². The molecule has 0 atom stereocenters. The van der Waals surface area contributed by atoms with E-state index in [0.29, 0.717) is 0 Å². The lowest BCUT2D eigenvalue weighted by molar-refractivity contribution is -0.116. The average molecular weight is 270 g/mol. The van der Waals surface area contributed by atoms with E-state index in [0.717, 1.165) is 23.9 Å². The van der Waals surface area contributed by atoms with Crippen LogP contribution >= 0.6 is 0 Å². The van der Waals surface area contributed by atoms with Crippen molar-refractivity contribution in [3.05, 3.63) is 29.8 Å². The highest BCUT2D eigenvalue weighted by Gasteiger charge is 2.07. The van der Waals surface area contributed by atoms with Crippen LogP contribution in [0, 0.1) is 0 Å². The molecule has 0 saturated carbocycles. The second kappa shape index (κ2) is 6.51. The number of aryl methyl sites for hydroxylation is 1. The molecule has 1 rings (SSSR count). The van der Waals surface area contributed by atoms with Gasteiger partial charge in [-0.2, -0.15) is 0 Å². The number of nitrogens with one attached hydrogen (secondary N) is 2. The molecule has 0 saturated heterocycles. The first-order valence-corrected chi connectivity index (χ1v) is 7.64. The van der Waals surface area contributed by atoms with Gasteiger partial charge in [0.05, 0.1) is 6.26 Å². The molecular formula is C12H18N2O3S. The number of rotatable bonds is 6. The molecule has 0 bridgehead atoms. The van der Waals surface area contributed by atoms with Crippen LogP contribution in [-0.4, -0.2) is 27.1 Å². The van der Waals surface area contributed by atoms with Crippen molar-refractivity contribution in [1.29, 1.82) is 0 Å². The highest BCUT2D eigenvalue weighted by atomic mass is 32.2. The smallest absolute Gasteiger partial charge is 0.225 e. The Kier molecular flexibility index (Phi) is 5.30. The quantitative estimate of drug-likeness (QED) is 0.813. The van der Waals surface area contributed by atoms with Gasteiger partial charge in [0.25, 0.3) is 0 Å². The summed E-state index contributed by atoms with van der Waals surface area (Å²) in [6.07, 6.45) is 2.01. The van der Waals surface area contributed by atoms with Crippen LogP contribution in [0.25, 0.3) is 0 Å². The van der Waals surface area contributed by atoms with Gasteiger partial charge >= 0.3 is 0 Å². The van der Waals surface area contributed by atoms with Crippen LogP contribution < -0.4 is 10.0 Å². The fraction of sp³-hybridized carbons (Fsp3) is 0.417. The van der Waals surface area contributed by atoms with Gasteiger partial charge in [-0.25, -0.2) is 13.1 Å². The molecule has 0 aliphatic rings. The Morgan fingerprint density at radius 2 is 1.94 bits per heavy atom. The Bertz CT molecular complexity index is 512. The Morgan fingerprint density at radius 1 is 1.28 bits per heavy atom. The normalized spacial score (nSPS) is 11.2. The van der Waals surface area contributed by atoms with Gasteiger partial charge in [-0.3, -0.25) is 4.79 Å². The molecule has 100 valence electrons. The van der Waals surface area contributed by atoms with E-state index in [4.69, 9.17) is 0 Å². The second-order valence-corrected chi connectivity index (χ2v) is 5.81. The maximum atomic E-state index is 11.6. The number of anilines is 1. The number of carbonyl (C=O) groups is 1. The van der Waals surface area contributed by atoms with Gasteiger partial charge in [-0.1, -0.05) is 25.1 Å². The average Bonchev–Trinajstić information content (AvgIpc) is 2.28. The Balaban J connectivity index is 2.50. The van der Waals surface area contributed by atoms with Gasteiger partial charge in [0.2, 0.25) is 15.9 Å². The Morgan fingerprint density at radius 3 is 2.56 bits per heavy atom. The molecule has 0 aliphatic carbocycles. The summed E-state index contributed by atoms with van der Waals surface area (Å²) in [5.41, 5.74) is 1.84. The number of hydrogen-bond acceptors (Lipinski definition) is 3. The van der Waals surface area contributed by atoms with Crippen molar-refractivity contribution < 1.29 is 13.2 Å². The predicted octanol–water partition coefficient (Wildman–Crippen LogP) is 1.13. The minimum Gasteiger partial charge on any atom is -0.326 e. The molecule has 0 radical (unpaired) electrons. The van der Waals surface area contributed by atoms with Crippen molar-refractivity contribution in [3.8, 4) is 0 Å². The zero-order valence-corrected chi connectivity index (χ0v) is 11.4. The van der Waals surface area contributed by atoms with Crippen LogP contribution in [0.2, 0.25) is 0 Å². The maximum absolute atomic E-state index is 11.6. The molecule has 0 fully saturated rings. The van der Waals surface area contributed by atoms with E-state index in [9.17, 15) is 13.2 Å². The topological polar surface area (TPSA) is 75.3 Å². The Hall–Kier alpha value is -1.40. The van der Waals surface area contributed by atoms with Crippen LogP contribution in [0.4, 0.5) is 5.69 Å². The number of carbonyl (C=O) groups excluding carboxylic acids is 1. The van der Waals surface area contributed by atoms with Gasteiger partial charge in [0, 0.05) is 18.7 Å². The molecule has 0 aromatic heterocycles. The summed E-state index contributed by atoms with van der Waals surface area (Å²) in [6, 6.07) is 7.55. The predicted molar refractivity (Wildman–Crippen MR) is 71.9 cm³/mol. The van der Waals surface area contributed by atoms with Crippen molar-refractivity contribution in [1.82, 2.24) is 4.72 Å². The maximum Gasteiger partial charge on any atom is 0.225 e. The number of para-hydroxylation sites is 1. The molecule has 1 aromatic rings. The molecule has 5 nitrogen and oxygen atoms in total. The zero-order chi connectivity index (χ0) is 13.6. The molecule has 18 heavy (non-hydrogen) atoms. The summed E-state index contributed by atoms with van der Waals surface area (Å²) in [4.78, 5) is 11.6. The van der Waals surface area contributed by atoms with Gasteiger partial charge in [0.15, 0.2) is 0 Å². The first-order valence-electron chi connectivity index (χ1n) is 5.74. The van der Waals surface area contributed by atoms with E-state index in [-0.39, 0.29) is 18.9 Å². The summed E-state index contributed by atoms with van der Waals surface area (Å²) in [6.45, 7) is 2.12. The van der Waals surface area contributed by atoms with Crippen LogP contribution in [0.1, 0.15) is 18.9 Å². The second-order valence-electron chi connectivity index (χ2n) is 3.98. The van der Waals surface area contributed by atoms with E-state index >= 15 is 0 Å². The van der Waals surface area contributed by atoms with E-state index in [1.807, 2.05) is 31.2 Å². The largest absolute Gasteiger partial charge is 0.326 e. The van der Waals surface area contributed by atoms with Gasteiger partial charge in [-0.05, 0) is 18.1 Å². The minimum absolute atomic E-state index is 0.110. The molecule has 0 unspecified atom stereocenters.